The van der Waals surface area contributed by atoms with Crippen molar-refractivity contribution in [3.8, 4) is 0 Å². The zero-order chi connectivity index (χ0) is 17.1. The van der Waals surface area contributed by atoms with Crippen molar-refractivity contribution in [1.29, 1.82) is 0 Å². The number of hydrogen-bond acceptors (Lipinski definition) is 4. The van der Waals surface area contributed by atoms with E-state index < -0.39 is 0 Å². The molecule has 24 heavy (non-hydrogen) atoms. The number of thioether (sulfide) groups is 1. The SMILES string of the molecule is CC(=O)NC1CCCN(C(=O)CN2c3ccccc3SCC2C)C1. The molecule has 1 aromatic carbocycles. The van der Waals surface area contributed by atoms with Gasteiger partial charge in [0, 0.05) is 42.7 Å². The molecule has 5 nitrogen and oxygen atoms in total. The summed E-state index contributed by atoms with van der Waals surface area (Å²) in [6.07, 6.45) is 1.89. The third-order valence-electron chi connectivity index (χ3n) is 4.67. The lowest BCUT2D eigenvalue weighted by Crippen LogP contribution is -2.52. The van der Waals surface area contributed by atoms with Gasteiger partial charge in [0.1, 0.15) is 0 Å². The number of nitrogens with one attached hydrogen (secondary N) is 1. The molecule has 0 spiro atoms. The number of anilines is 1. The fourth-order valence-electron chi connectivity index (χ4n) is 3.45. The second-order valence-corrected chi connectivity index (χ2v) is 7.70. The van der Waals surface area contributed by atoms with Crippen LogP contribution in [-0.4, -0.2) is 54.2 Å². The molecule has 3 rings (SSSR count). The summed E-state index contributed by atoms with van der Waals surface area (Å²) in [5.41, 5.74) is 1.16. The second-order valence-electron chi connectivity index (χ2n) is 6.64. The minimum atomic E-state index is -0.0232. The molecule has 2 atom stereocenters. The van der Waals surface area contributed by atoms with Crippen molar-refractivity contribution in [2.45, 2.75) is 43.7 Å². The number of amides is 2. The minimum absolute atomic E-state index is 0.0232. The molecule has 130 valence electrons. The van der Waals surface area contributed by atoms with E-state index in [4.69, 9.17) is 0 Å². The van der Waals surface area contributed by atoms with Gasteiger partial charge in [-0.1, -0.05) is 12.1 Å². The van der Waals surface area contributed by atoms with Gasteiger partial charge in [-0.25, -0.2) is 0 Å². The highest BCUT2D eigenvalue weighted by Crippen LogP contribution is 2.37. The van der Waals surface area contributed by atoms with Crippen molar-refractivity contribution in [3.63, 3.8) is 0 Å². The highest BCUT2D eigenvalue weighted by molar-refractivity contribution is 7.99. The van der Waals surface area contributed by atoms with E-state index in [1.165, 1.54) is 11.8 Å². The van der Waals surface area contributed by atoms with Crippen LogP contribution in [0.2, 0.25) is 0 Å². The second kappa shape index (κ2) is 7.47. The van der Waals surface area contributed by atoms with Crippen molar-refractivity contribution in [2.24, 2.45) is 0 Å². The molecule has 1 aromatic rings. The van der Waals surface area contributed by atoms with Crippen LogP contribution in [0.3, 0.4) is 0 Å². The van der Waals surface area contributed by atoms with E-state index in [1.807, 2.05) is 28.8 Å². The zero-order valence-corrected chi connectivity index (χ0v) is 15.1. The Kier molecular flexibility index (Phi) is 5.33. The quantitative estimate of drug-likeness (QED) is 0.910. The summed E-state index contributed by atoms with van der Waals surface area (Å²) in [4.78, 5) is 29.4. The Morgan fingerprint density at radius 1 is 1.33 bits per heavy atom. The highest BCUT2D eigenvalue weighted by atomic mass is 32.2. The molecular formula is C18H25N3O2S. The Morgan fingerprint density at radius 3 is 2.92 bits per heavy atom. The molecule has 2 aliphatic rings. The number of benzene rings is 1. The summed E-state index contributed by atoms with van der Waals surface area (Å²) in [5.74, 6) is 1.13. The Balaban J connectivity index is 1.67. The fourth-order valence-corrected chi connectivity index (χ4v) is 4.56. The Labute approximate surface area is 147 Å². The van der Waals surface area contributed by atoms with Crippen LogP contribution in [-0.2, 0) is 9.59 Å². The van der Waals surface area contributed by atoms with E-state index >= 15 is 0 Å². The predicted octanol–water partition coefficient (Wildman–Crippen LogP) is 2.11. The van der Waals surface area contributed by atoms with Gasteiger partial charge >= 0.3 is 0 Å². The number of hydrogen-bond donors (Lipinski definition) is 1. The van der Waals surface area contributed by atoms with Gasteiger partial charge in [0.05, 0.1) is 12.2 Å². The molecule has 6 heteroatoms. The first kappa shape index (κ1) is 17.1. The van der Waals surface area contributed by atoms with Crippen LogP contribution in [0.1, 0.15) is 26.7 Å². The number of likely N-dealkylation sites (tertiary alicyclic amines) is 1. The summed E-state index contributed by atoms with van der Waals surface area (Å²) in [6.45, 7) is 5.52. The number of rotatable bonds is 3. The number of fused-ring (bicyclic) bond motifs is 1. The van der Waals surface area contributed by atoms with Crippen LogP contribution >= 0.6 is 11.8 Å². The monoisotopic (exact) mass is 347 g/mol. The smallest absolute Gasteiger partial charge is 0.242 e. The van der Waals surface area contributed by atoms with Crippen molar-refractivity contribution in [1.82, 2.24) is 10.2 Å². The first-order valence-electron chi connectivity index (χ1n) is 8.58. The average molecular weight is 347 g/mol. The van der Waals surface area contributed by atoms with Crippen LogP contribution in [0, 0.1) is 0 Å². The number of nitrogens with zero attached hydrogens (tertiary/aromatic N) is 2. The number of carbonyl (C=O) groups excluding carboxylic acids is 2. The lowest BCUT2D eigenvalue weighted by atomic mass is 10.1. The molecule has 2 amide bonds. The zero-order valence-electron chi connectivity index (χ0n) is 14.3. The van der Waals surface area contributed by atoms with Crippen molar-refractivity contribution in [2.75, 3.05) is 30.3 Å². The third kappa shape index (κ3) is 3.86. The molecule has 0 aliphatic carbocycles. The normalized spacial score (nSPS) is 23.6. The van der Waals surface area contributed by atoms with Crippen LogP contribution < -0.4 is 10.2 Å². The average Bonchev–Trinajstić information content (AvgIpc) is 2.57. The Hall–Kier alpha value is -1.69. The van der Waals surface area contributed by atoms with Gasteiger partial charge in [-0.05, 0) is 31.9 Å². The maximum atomic E-state index is 12.8. The van der Waals surface area contributed by atoms with Gasteiger partial charge in [0.15, 0.2) is 0 Å². The largest absolute Gasteiger partial charge is 0.358 e. The standard InChI is InChI=1S/C18H25N3O2S/c1-13-12-24-17-8-4-3-7-16(17)21(13)11-18(23)20-9-5-6-15(10-20)19-14(2)22/h3-4,7-8,13,15H,5-6,9-12H2,1-2H3,(H,19,22). The molecule has 2 aliphatic heterocycles. The van der Waals surface area contributed by atoms with Crippen molar-refractivity contribution >= 4 is 29.3 Å². The summed E-state index contributed by atoms with van der Waals surface area (Å²) in [7, 11) is 0. The van der Waals surface area contributed by atoms with E-state index in [0.29, 0.717) is 19.1 Å². The predicted molar refractivity (Wildman–Crippen MR) is 97.4 cm³/mol. The molecule has 2 unspecified atom stereocenters. The topological polar surface area (TPSA) is 52.7 Å². The van der Waals surface area contributed by atoms with Gasteiger partial charge in [-0.15, -0.1) is 11.8 Å². The van der Waals surface area contributed by atoms with Crippen molar-refractivity contribution < 1.29 is 9.59 Å². The highest BCUT2D eigenvalue weighted by Gasteiger charge is 2.29. The van der Waals surface area contributed by atoms with Gasteiger partial charge in [-0.2, -0.15) is 0 Å². The van der Waals surface area contributed by atoms with Crippen LogP contribution in [0.4, 0.5) is 5.69 Å². The minimum Gasteiger partial charge on any atom is -0.358 e. The summed E-state index contributed by atoms with van der Waals surface area (Å²) < 4.78 is 0. The first-order chi connectivity index (χ1) is 11.5. The summed E-state index contributed by atoms with van der Waals surface area (Å²) in [6, 6.07) is 8.72. The molecule has 1 N–H and O–H groups in total. The van der Waals surface area contributed by atoms with Crippen LogP contribution in [0.5, 0.6) is 0 Å². The molecular weight excluding hydrogens is 322 g/mol. The van der Waals surface area contributed by atoms with Gasteiger partial charge < -0.3 is 15.1 Å². The van der Waals surface area contributed by atoms with Crippen LogP contribution in [0.25, 0.3) is 0 Å². The van der Waals surface area contributed by atoms with E-state index in [2.05, 4.69) is 29.3 Å². The molecule has 0 aromatic heterocycles. The summed E-state index contributed by atoms with van der Waals surface area (Å²) in [5, 5.41) is 2.94. The summed E-state index contributed by atoms with van der Waals surface area (Å²) >= 11 is 1.86. The Bertz CT molecular complexity index is 622. The fraction of sp³-hybridized carbons (Fsp3) is 0.556. The van der Waals surface area contributed by atoms with Crippen molar-refractivity contribution in [3.05, 3.63) is 24.3 Å². The number of carbonyl (C=O) groups is 2. The lowest BCUT2D eigenvalue weighted by Gasteiger charge is -2.39. The number of piperidine rings is 1. The van der Waals surface area contributed by atoms with Gasteiger partial charge in [-0.3, -0.25) is 9.59 Å². The van der Waals surface area contributed by atoms with E-state index in [0.717, 1.165) is 30.8 Å². The van der Waals surface area contributed by atoms with E-state index in [9.17, 15) is 9.59 Å². The maximum Gasteiger partial charge on any atom is 0.242 e. The molecule has 0 saturated carbocycles. The Morgan fingerprint density at radius 2 is 2.12 bits per heavy atom. The number of para-hydroxylation sites is 1. The molecule has 2 heterocycles. The molecule has 1 fully saturated rings. The maximum absolute atomic E-state index is 12.8. The van der Waals surface area contributed by atoms with E-state index in [-0.39, 0.29) is 17.9 Å². The first-order valence-corrected chi connectivity index (χ1v) is 9.56. The third-order valence-corrected chi connectivity index (χ3v) is 5.98. The molecule has 1 saturated heterocycles. The van der Waals surface area contributed by atoms with E-state index in [1.54, 1.807) is 0 Å². The lowest BCUT2D eigenvalue weighted by molar-refractivity contribution is -0.132. The molecule has 0 radical (unpaired) electrons. The van der Waals surface area contributed by atoms with Gasteiger partial charge in [0.25, 0.3) is 0 Å². The van der Waals surface area contributed by atoms with Crippen LogP contribution in [0.15, 0.2) is 29.2 Å². The molecule has 0 bridgehead atoms. The van der Waals surface area contributed by atoms with Gasteiger partial charge in [0.2, 0.25) is 11.8 Å².